The van der Waals surface area contributed by atoms with E-state index in [0.717, 1.165) is 5.56 Å². The smallest absolute Gasteiger partial charge is 0.154 e. The lowest BCUT2D eigenvalue weighted by Gasteiger charge is -2.00. The largest absolute Gasteiger partial charge is 0.298 e. The highest BCUT2D eigenvalue weighted by atomic mass is 79.9. The summed E-state index contributed by atoms with van der Waals surface area (Å²) in [4.78, 5) is 10.3. The normalized spacial score (nSPS) is 9.73. The lowest BCUT2D eigenvalue weighted by atomic mass is 10.1. The Morgan fingerprint density at radius 1 is 1.55 bits per heavy atom. The van der Waals surface area contributed by atoms with Crippen LogP contribution in [0.15, 0.2) is 16.6 Å². The Morgan fingerprint density at radius 2 is 2.18 bits per heavy atom. The van der Waals surface area contributed by atoms with Crippen LogP contribution in [0.1, 0.15) is 15.9 Å². The quantitative estimate of drug-likeness (QED) is 0.661. The molecule has 0 atom stereocenters. The van der Waals surface area contributed by atoms with E-state index in [4.69, 9.17) is 0 Å². The average molecular weight is 217 g/mol. The van der Waals surface area contributed by atoms with Gasteiger partial charge in [0.1, 0.15) is 5.82 Å². The number of carbonyl (C=O) groups excluding carboxylic acids is 1. The van der Waals surface area contributed by atoms with E-state index in [2.05, 4.69) is 15.9 Å². The molecule has 0 N–H and O–H groups in total. The highest BCUT2D eigenvalue weighted by Crippen LogP contribution is 2.21. The Balaban J connectivity index is 3.40. The van der Waals surface area contributed by atoms with Gasteiger partial charge in [0, 0.05) is 4.47 Å². The van der Waals surface area contributed by atoms with Crippen LogP contribution in [0, 0.1) is 12.7 Å². The van der Waals surface area contributed by atoms with Crippen LogP contribution in [-0.2, 0) is 0 Å². The fourth-order valence-corrected chi connectivity index (χ4v) is 1.20. The molecular formula is C8H6BrFO. The average Bonchev–Trinajstić information content (AvgIpc) is 1.99. The van der Waals surface area contributed by atoms with E-state index in [1.54, 1.807) is 13.0 Å². The van der Waals surface area contributed by atoms with Crippen LogP contribution in [0.3, 0.4) is 0 Å². The number of hydrogen-bond acceptors (Lipinski definition) is 1. The van der Waals surface area contributed by atoms with Crippen LogP contribution in [0.25, 0.3) is 0 Å². The van der Waals surface area contributed by atoms with Gasteiger partial charge in [-0.1, -0.05) is 6.07 Å². The van der Waals surface area contributed by atoms with Crippen molar-refractivity contribution in [1.29, 1.82) is 0 Å². The van der Waals surface area contributed by atoms with E-state index in [0.29, 0.717) is 10.8 Å². The predicted molar refractivity (Wildman–Crippen MR) is 44.2 cm³/mol. The molecule has 11 heavy (non-hydrogen) atoms. The maximum atomic E-state index is 12.8. The highest BCUT2D eigenvalue weighted by molar-refractivity contribution is 9.10. The van der Waals surface area contributed by atoms with Gasteiger partial charge in [0.2, 0.25) is 0 Å². The zero-order chi connectivity index (χ0) is 8.43. The van der Waals surface area contributed by atoms with Crippen molar-refractivity contribution in [3.63, 3.8) is 0 Å². The van der Waals surface area contributed by atoms with Gasteiger partial charge in [-0.3, -0.25) is 4.79 Å². The zero-order valence-electron chi connectivity index (χ0n) is 5.90. The predicted octanol–water partition coefficient (Wildman–Crippen LogP) is 2.71. The molecule has 0 spiro atoms. The first-order chi connectivity index (χ1) is 5.16. The van der Waals surface area contributed by atoms with Crippen molar-refractivity contribution < 1.29 is 9.18 Å². The van der Waals surface area contributed by atoms with Gasteiger partial charge in [-0.2, -0.15) is 0 Å². The molecule has 0 aromatic heterocycles. The Labute approximate surface area is 72.4 Å². The monoisotopic (exact) mass is 216 g/mol. The van der Waals surface area contributed by atoms with Crippen molar-refractivity contribution in [2.45, 2.75) is 6.92 Å². The van der Waals surface area contributed by atoms with E-state index in [-0.39, 0.29) is 5.56 Å². The summed E-state index contributed by atoms with van der Waals surface area (Å²) in [6.07, 6.45) is 0.506. The molecular weight excluding hydrogens is 211 g/mol. The molecule has 0 aliphatic rings. The number of rotatable bonds is 1. The third kappa shape index (κ3) is 1.48. The molecule has 0 bridgehead atoms. The second-order valence-corrected chi connectivity index (χ2v) is 3.00. The minimum Gasteiger partial charge on any atom is -0.298 e. The summed E-state index contributed by atoms with van der Waals surface area (Å²) in [6.45, 7) is 1.80. The molecule has 0 amide bonds. The van der Waals surface area contributed by atoms with E-state index in [1.165, 1.54) is 6.07 Å². The number of aldehydes is 1. The molecule has 1 rings (SSSR count). The molecule has 0 radical (unpaired) electrons. The summed E-state index contributed by atoms with van der Waals surface area (Å²) >= 11 is 3.12. The molecule has 1 nitrogen and oxygen atoms in total. The molecule has 0 saturated heterocycles. The molecule has 0 saturated carbocycles. The van der Waals surface area contributed by atoms with Crippen molar-refractivity contribution in [3.8, 4) is 0 Å². The van der Waals surface area contributed by atoms with Crippen molar-refractivity contribution in [1.82, 2.24) is 0 Å². The van der Waals surface area contributed by atoms with Gasteiger partial charge in [-0.25, -0.2) is 4.39 Å². The van der Waals surface area contributed by atoms with Crippen LogP contribution in [-0.4, -0.2) is 6.29 Å². The number of halogens is 2. The summed E-state index contributed by atoms with van der Waals surface area (Å²) in [7, 11) is 0. The standard InChI is InChI=1S/C8H6BrFO/c1-5-2-3-7(10)6(4-11)8(5)9/h2-4H,1H3. The van der Waals surface area contributed by atoms with Crippen LogP contribution in [0.4, 0.5) is 4.39 Å². The van der Waals surface area contributed by atoms with Crippen molar-refractivity contribution >= 4 is 22.2 Å². The third-order valence-corrected chi connectivity index (χ3v) is 2.49. The van der Waals surface area contributed by atoms with E-state index < -0.39 is 5.82 Å². The SMILES string of the molecule is Cc1ccc(F)c(C=O)c1Br. The van der Waals surface area contributed by atoms with Gasteiger partial charge in [0.15, 0.2) is 6.29 Å². The topological polar surface area (TPSA) is 17.1 Å². The maximum Gasteiger partial charge on any atom is 0.154 e. The van der Waals surface area contributed by atoms with Gasteiger partial charge in [-0.15, -0.1) is 0 Å². The van der Waals surface area contributed by atoms with Gasteiger partial charge in [0.25, 0.3) is 0 Å². The molecule has 0 aliphatic heterocycles. The first-order valence-corrected chi connectivity index (χ1v) is 3.86. The summed E-state index contributed by atoms with van der Waals surface area (Å²) in [5.74, 6) is -0.488. The number of hydrogen-bond donors (Lipinski definition) is 0. The maximum absolute atomic E-state index is 12.8. The lowest BCUT2D eigenvalue weighted by molar-refractivity contribution is 0.111. The van der Waals surface area contributed by atoms with E-state index >= 15 is 0 Å². The van der Waals surface area contributed by atoms with E-state index in [1.807, 2.05) is 0 Å². The molecule has 1 aromatic carbocycles. The molecule has 0 fully saturated rings. The fourth-order valence-electron chi connectivity index (χ4n) is 0.786. The molecule has 1 aromatic rings. The molecule has 0 heterocycles. The van der Waals surface area contributed by atoms with E-state index in [9.17, 15) is 9.18 Å². The van der Waals surface area contributed by atoms with Gasteiger partial charge >= 0.3 is 0 Å². The Bertz CT molecular complexity index is 296. The molecule has 3 heteroatoms. The Hall–Kier alpha value is -0.700. The zero-order valence-corrected chi connectivity index (χ0v) is 7.48. The first-order valence-electron chi connectivity index (χ1n) is 3.06. The Kier molecular flexibility index (Phi) is 2.39. The minimum absolute atomic E-state index is 0.0880. The number of carbonyl (C=O) groups is 1. The summed E-state index contributed by atoms with van der Waals surface area (Å²) < 4.78 is 13.3. The molecule has 0 aliphatic carbocycles. The van der Waals surface area contributed by atoms with Gasteiger partial charge < -0.3 is 0 Å². The van der Waals surface area contributed by atoms with Crippen molar-refractivity contribution in [2.24, 2.45) is 0 Å². The molecule has 58 valence electrons. The first kappa shape index (κ1) is 8.40. The van der Waals surface area contributed by atoms with Crippen LogP contribution in [0.5, 0.6) is 0 Å². The summed E-state index contributed by atoms with van der Waals surface area (Å²) in [6, 6.07) is 2.90. The van der Waals surface area contributed by atoms with Crippen molar-refractivity contribution in [2.75, 3.05) is 0 Å². The third-order valence-electron chi connectivity index (χ3n) is 1.44. The molecule has 0 unspecified atom stereocenters. The summed E-state index contributed by atoms with van der Waals surface area (Å²) in [5, 5.41) is 0. The van der Waals surface area contributed by atoms with Crippen LogP contribution in [0.2, 0.25) is 0 Å². The van der Waals surface area contributed by atoms with Crippen LogP contribution >= 0.6 is 15.9 Å². The second kappa shape index (κ2) is 3.13. The van der Waals surface area contributed by atoms with Crippen LogP contribution < -0.4 is 0 Å². The Morgan fingerprint density at radius 3 is 2.64 bits per heavy atom. The highest BCUT2D eigenvalue weighted by Gasteiger charge is 2.06. The number of benzene rings is 1. The second-order valence-electron chi connectivity index (χ2n) is 2.21. The summed E-state index contributed by atoms with van der Waals surface area (Å²) in [5.41, 5.74) is 0.943. The van der Waals surface area contributed by atoms with Gasteiger partial charge in [-0.05, 0) is 34.5 Å². The lowest BCUT2D eigenvalue weighted by Crippen LogP contribution is -1.91. The van der Waals surface area contributed by atoms with Gasteiger partial charge in [0.05, 0.1) is 5.56 Å². The minimum atomic E-state index is -0.488. The van der Waals surface area contributed by atoms with Crippen molar-refractivity contribution in [3.05, 3.63) is 33.5 Å². The number of aryl methyl sites for hydroxylation is 1. The fraction of sp³-hybridized carbons (Fsp3) is 0.125.